The van der Waals surface area contributed by atoms with Gasteiger partial charge >= 0.3 is 0 Å². The minimum Gasteiger partial charge on any atom is -0.490 e. The number of fused-ring (bicyclic) bond motifs is 1. The van der Waals surface area contributed by atoms with Crippen molar-refractivity contribution in [1.82, 2.24) is 5.32 Å². The van der Waals surface area contributed by atoms with E-state index >= 15 is 0 Å². The zero-order valence-corrected chi connectivity index (χ0v) is 13.1. The van der Waals surface area contributed by atoms with E-state index in [0.717, 1.165) is 25.3 Å². The molecule has 0 amide bonds. The lowest BCUT2D eigenvalue weighted by Gasteiger charge is -2.10. The second-order valence-corrected chi connectivity index (χ2v) is 5.88. The first kappa shape index (κ1) is 14.2. The third-order valence-electron chi connectivity index (χ3n) is 4.08. The Morgan fingerprint density at radius 3 is 2.81 bits per heavy atom. The van der Waals surface area contributed by atoms with Crippen molar-refractivity contribution >= 4 is 0 Å². The van der Waals surface area contributed by atoms with Crippen LogP contribution in [-0.4, -0.2) is 12.6 Å². The Morgan fingerprint density at radius 2 is 2.05 bits per heavy atom. The van der Waals surface area contributed by atoms with Crippen LogP contribution in [0.4, 0.5) is 0 Å². The molecule has 0 saturated heterocycles. The number of rotatable bonds is 4. The van der Waals surface area contributed by atoms with E-state index in [2.05, 4.69) is 62.5 Å². The molecule has 1 aliphatic heterocycles. The fourth-order valence-electron chi connectivity index (χ4n) is 3.02. The molecule has 0 saturated carbocycles. The molecule has 1 aliphatic rings. The number of aryl methyl sites for hydroxylation is 1. The van der Waals surface area contributed by atoms with E-state index in [1.165, 1.54) is 27.8 Å². The van der Waals surface area contributed by atoms with E-state index in [4.69, 9.17) is 4.74 Å². The topological polar surface area (TPSA) is 21.3 Å². The van der Waals surface area contributed by atoms with Crippen molar-refractivity contribution in [2.24, 2.45) is 0 Å². The lowest BCUT2D eigenvalue weighted by Crippen LogP contribution is -2.11. The van der Waals surface area contributed by atoms with Gasteiger partial charge in [-0.25, -0.2) is 0 Å². The highest BCUT2D eigenvalue weighted by Crippen LogP contribution is 2.34. The molecule has 2 nitrogen and oxygen atoms in total. The van der Waals surface area contributed by atoms with Gasteiger partial charge in [0.15, 0.2) is 0 Å². The van der Waals surface area contributed by atoms with Crippen molar-refractivity contribution in [2.45, 2.75) is 39.8 Å². The number of hydrogen-bond donors (Lipinski definition) is 1. The predicted octanol–water partition coefficient (Wildman–Crippen LogP) is 4.09. The molecule has 1 heterocycles. The first-order valence-corrected chi connectivity index (χ1v) is 7.77. The molecule has 2 heteroatoms. The van der Waals surface area contributed by atoms with Gasteiger partial charge in [-0.1, -0.05) is 31.2 Å². The largest absolute Gasteiger partial charge is 0.490 e. The minimum absolute atomic E-state index is 0.304. The van der Waals surface area contributed by atoms with Gasteiger partial charge in [0.05, 0.1) is 0 Å². The highest BCUT2D eigenvalue weighted by atomic mass is 16.5. The van der Waals surface area contributed by atoms with Crippen LogP contribution in [-0.2, 0) is 13.0 Å². The maximum absolute atomic E-state index is 5.78. The molecule has 0 bridgehead atoms. The van der Waals surface area contributed by atoms with Gasteiger partial charge in [0.2, 0.25) is 0 Å². The molecule has 2 aromatic carbocycles. The average Bonchev–Trinajstić information content (AvgIpc) is 2.84. The van der Waals surface area contributed by atoms with Gasteiger partial charge in [-0.2, -0.15) is 0 Å². The second kappa shape index (κ2) is 5.90. The first-order chi connectivity index (χ1) is 10.2. The summed E-state index contributed by atoms with van der Waals surface area (Å²) in [4.78, 5) is 0. The van der Waals surface area contributed by atoms with Crippen LogP contribution in [0, 0.1) is 6.92 Å². The van der Waals surface area contributed by atoms with Gasteiger partial charge in [0.25, 0.3) is 0 Å². The SMILES string of the molecule is CCNCc1ccc(-c2ccc3c(c2)CC(C)O3)c(C)c1. The van der Waals surface area contributed by atoms with Gasteiger partial charge < -0.3 is 10.1 Å². The summed E-state index contributed by atoms with van der Waals surface area (Å²) >= 11 is 0. The summed E-state index contributed by atoms with van der Waals surface area (Å²) in [7, 11) is 0. The molecule has 0 spiro atoms. The van der Waals surface area contributed by atoms with Crippen molar-refractivity contribution in [3.63, 3.8) is 0 Å². The number of hydrogen-bond acceptors (Lipinski definition) is 2. The monoisotopic (exact) mass is 281 g/mol. The Kier molecular flexibility index (Phi) is 3.98. The van der Waals surface area contributed by atoms with Gasteiger partial charge in [0, 0.05) is 13.0 Å². The average molecular weight is 281 g/mol. The summed E-state index contributed by atoms with van der Waals surface area (Å²) in [5.41, 5.74) is 6.61. The minimum atomic E-state index is 0.304. The van der Waals surface area contributed by atoms with Gasteiger partial charge in [-0.15, -0.1) is 0 Å². The van der Waals surface area contributed by atoms with Crippen LogP contribution < -0.4 is 10.1 Å². The molecule has 110 valence electrons. The standard InChI is InChI=1S/C19H23NO/c1-4-20-12-15-5-7-18(13(2)9-15)16-6-8-19-17(11-16)10-14(3)21-19/h5-9,11,14,20H,4,10,12H2,1-3H3. The normalized spacial score (nSPS) is 16.6. The molecule has 0 radical (unpaired) electrons. The van der Waals surface area contributed by atoms with E-state index in [0.29, 0.717) is 6.10 Å². The molecule has 1 N–H and O–H groups in total. The summed E-state index contributed by atoms with van der Waals surface area (Å²) in [5, 5.41) is 3.37. The van der Waals surface area contributed by atoms with Crippen LogP contribution in [0.5, 0.6) is 5.75 Å². The van der Waals surface area contributed by atoms with Gasteiger partial charge in [0.1, 0.15) is 11.9 Å². The van der Waals surface area contributed by atoms with E-state index < -0.39 is 0 Å². The number of ether oxygens (including phenoxy) is 1. The maximum Gasteiger partial charge on any atom is 0.123 e. The van der Waals surface area contributed by atoms with E-state index in [1.807, 2.05) is 0 Å². The summed E-state index contributed by atoms with van der Waals surface area (Å²) in [6, 6.07) is 13.3. The van der Waals surface area contributed by atoms with Gasteiger partial charge in [-0.3, -0.25) is 0 Å². The van der Waals surface area contributed by atoms with Crippen molar-refractivity contribution in [1.29, 1.82) is 0 Å². The van der Waals surface area contributed by atoms with E-state index in [9.17, 15) is 0 Å². The Hall–Kier alpha value is -1.80. The molecular formula is C19H23NO. The second-order valence-electron chi connectivity index (χ2n) is 5.88. The Balaban J connectivity index is 1.89. The highest BCUT2D eigenvalue weighted by molar-refractivity contribution is 5.69. The lowest BCUT2D eigenvalue weighted by atomic mass is 9.96. The summed E-state index contributed by atoms with van der Waals surface area (Å²) in [6.07, 6.45) is 1.32. The quantitative estimate of drug-likeness (QED) is 0.911. The molecule has 21 heavy (non-hydrogen) atoms. The van der Waals surface area contributed by atoms with E-state index in [-0.39, 0.29) is 0 Å². The third kappa shape index (κ3) is 2.96. The van der Waals surface area contributed by atoms with E-state index in [1.54, 1.807) is 0 Å². The maximum atomic E-state index is 5.78. The molecule has 0 aliphatic carbocycles. The molecule has 2 aromatic rings. The fraction of sp³-hybridized carbons (Fsp3) is 0.368. The van der Waals surface area contributed by atoms with Crippen LogP contribution in [0.25, 0.3) is 11.1 Å². The molecule has 1 atom stereocenters. The molecular weight excluding hydrogens is 258 g/mol. The van der Waals surface area contributed by atoms with Crippen LogP contribution >= 0.6 is 0 Å². The molecule has 0 fully saturated rings. The Morgan fingerprint density at radius 1 is 1.19 bits per heavy atom. The van der Waals surface area contributed by atoms with Crippen molar-refractivity contribution in [3.05, 3.63) is 53.1 Å². The smallest absolute Gasteiger partial charge is 0.123 e. The van der Waals surface area contributed by atoms with Gasteiger partial charge in [-0.05, 0) is 60.3 Å². The van der Waals surface area contributed by atoms with Crippen LogP contribution in [0.15, 0.2) is 36.4 Å². The summed E-state index contributed by atoms with van der Waals surface area (Å²) in [6.45, 7) is 8.39. The van der Waals surface area contributed by atoms with Crippen LogP contribution in [0.3, 0.4) is 0 Å². The number of benzene rings is 2. The fourth-order valence-corrected chi connectivity index (χ4v) is 3.02. The number of nitrogens with one attached hydrogen (secondary N) is 1. The summed E-state index contributed by atoms with van der Waals surface area (Å²) in [5.74, 6) is 1.05. The zero-order chi connectivity index (χ0) is 14.8. The van der Waals surface area contributed by atoms with Crippen molar-refractivity contribution in [2.75, 3.05) is 6.54 Å². The lowest BCUT2D eigenvalue weighted by molar-refractivity contribution is 0.254. The Bertz CT molecular complexity index is 648. The third-order valence-corrected chi connectivity index (χ3v) is 4.08. The zero-order valence-electron chi connectivity index (χ0n) is 13.1. The van der Waals surface area contributed by atoms with Crippen molar-refractivity contribution in [3.8, 4) is 16.9 Å². The molecule has 1 unspecified atom stereocenters. The van der Waals surface area contributed by atoms with Crippen molar-refractivity contribution < 1.29 is 4.74 Å². The Labute approximate surface area is 127 Å². The highest BCUT2D eigenvalue weighted by Gasteiger charge is 2.19. The van der Waals surface area contributed by atoms with Crippen LogP contribution in [0.2, 0.25) is 0 Å². The first-order valence-electron chi connectivity index (χ1n) is 7.77. The predicted molar refractivity (Wildman–Crippen MR) is 87.8 cm³/mol. The molecule has 0 aromatic heterocycles. The summed E-state index contributed by atoms with van der Waals surface area (Å²) < 4.78 is 5.78. The van der Waals surface area contributed by atoms with Crippen LogP contribution in [0.1, 0.15) is 30.5 Å². The molecule has 3 rings (SSSR count).